The Kier molecular flexibility index (Phi) is 3.97. The van der Waals surface area contributed by atoms with Crippen LogP contribution in [-0.2, 0) is 22.4 Å². The fraction of sp³-hybridized carbons (Fsp3) is 0.429. The van der Waals surface area contributed by atoms with Gasteiger partial charge in [-0.2, -0.15) is 0 Å². The molecule has 0 fully saturated rings. The van der Waals surface area contributed by atoms with Crippen LogP contribution in [-0.4, -0.2) is 23.5 Å². The Labute approximate surface area is 106 Å². The number of fused-ring (bicyclic) bond motifs is 1. The molecule has 0 spiro atoms. The second-order valence-corrected chi connectivity index (χ2v) is 4.64. The third-order valence-electron chi connectivity index (χ3n) is 3.36. The molecule has 2 N–H and O–H groups in total. The monoisotopic (exact) mass is 247 g/mol. The summed E-state index contributed by atoms with van der Waals surface area (Å²) in [7, 11) is 0. The lowest BCUT2D eigenvalue weighted by Crippen LogP contribution is -2.35. The average Bonchev–Trinajstić information content (AvgIpc) is 2.37. The standard InChI is InChI=1S/C14H17NO3/c16-13(17)7-8-15-14(18)12-6-5-10-3-1-2-4-11(10)9-12/h1-4,12H,5-9H2,(H,15,18)(H,16,17). The van der Waals surface area contributed by atoms with E-state index in [1.54, 1.807) is 0 Å². The van der Waals surface area contributed by atoms with Crippen molar-refractivity contribution in [3.05, 3.63) is 35.4 Å². The average molecular weight is 247 g/mol. The summed E-state index contributed by atoms with van der Waals surface area (Å²) < 4.78 is 0. The predicted octanol–water partition coefficient (Wildman–Crippen LogP) is 1.38. The number of carbonyl (C=O) groups is 2. The number of carboxylic acid groups (broad SMARTS) is 1. The number of carboxylic acids is 1. The third kappa shape index (κ3) is 3.09. The molecule has 1 aliphatic carbocycles. The largest absolute Gasteiger partial charge is 0.481 e. The molecule has 18 heavy (non-hydrogen) atoms. The number of aliphatic carboxylic acids is 1. The van der Waals surface area contributed by atoms with E-state index < -0.39 is 5.97 Å². The van der Waals surface area contributed by atoms with Crippen LogP contribution in [0.3, 0.4) is 0 Å². The third-order valence-corrected chi connectivity index (χ3v) is 3.36. The first-order valence-electron chi connectivity index (χ1n) is 6.23. The van der Waals surface area contributed by atoms with E-state index in [9.17, 15) is 9.59 Å². The molecule has 0 saturated heterocycles. The zero-order chi connectivity index (χ0) is 13.0. The number of amides is 1. The molecule has 1 aromatic carbocycles. The fourth-order valence-electron chi connectivity index (χ4n) is 2.36. The van der Waals surface area contributed by atoms with Gasteiger partial charge in [0.05, 0.1) is 6.42 Å². The van der Waals surface area contributed by atoms with Gasteiger partial charge in [-0.15, -0.1) is 0 Å². The first kappa shape index (κ1) is 12.6. The fourth-order valence-corrected chi connectivity index (χ4v) is 2.36. The summed E-state index contributed by atoms with van der Waals surface area (Å²) in [6.07, 6.45) is 2.51. The Morgan fingerprint density at radius 1 is 1.28 bits per heavy atom. The number of carbonyl (C=O) groups excluding carboxylic acids is 1. The zero-order valence-corrected chi connectivity index (χ0v) is 10.2. The van der Waals surface area contributed by atoms with Crippen molar-refractivity contribution >= 4 is 11.9 Å². The van der Waals surface area contributed by atoms with E-state index >= 15 is 0 Å². The normalized spacial score (nSPS) is 17.9. The van der Waals surface area contributed by atoms with Crippen molar-refractivity contribution in [2.45, 2.75) is 25.7 Å². The number of hydrogen-bond acceptors (Lipinski definition) is 2. The number of aryl methyl sites for hydroxylation is 1. The van der Waals surface area contributed by atoms with Gasteiger partial charge in [0.25, 0.3) is 0 Å². The molecule has 4 nitrogen and oxygen atoms in total. The number of rotatable bonds is 4. The van der Waals surface area contributed by atoms with Gasteiger partial charge in [-0.1, -0.05) is 24.3 Å². The minimum atomic E-state index is -0.885. The van der Waals surface area contributed by atoms with Crippen LogP contribution >= 0.6 is 0 Å². The SMILES string of the molecule is O=C(O)CCNC(=O)C1CCc2ccccc2C1. The molecule has 2 rings (SSSR count). The molecule has 1 aromatic rings. The summed E-state index contributed by atoms with van der Waals surface area (Å²) in [5.74, 6) is -0.927. The highest BCUT2D eigenvalue weighted by atomic mass is 16.4. The smallest absolute Gasteiger partial charge is 0.305 e. The molecule has 0 bridgehead atoms. The highest BCUT2D eigenvalue weighted by Crippen LogP contribution is 2.25. The summed E-state index contributed by atoms with van der Waals surface area (Å²) in [6, 6.07) is 8.18. The molecule has 96 valence electrons. The highest BCUT2D eigenvalue weighted by molar-refractivity contribution is 5.80. The van der Waals surface area contributed by atoms with E-state index in [2.05, 4.69) is 17.4 Å². The topological polar surface area (TPSA) is 66.4 Å². The van der Waals surface area contributed by atoms with Crippen LogP contribution in [0.15, 0.2) is 24.3 Å². The second kappa shape index (κ2) is 5.67. The maximum atomic E-state index is 11.9. The maximum Gasteiger partial charge on any atom is 0.305 e. The molecule has 1 amide bonds. The lowest BCUT2D eigenvalue weighted by atomic mass is 9.83. The van der Waals surface area contributed by atoms with Crippen LogP contribution in [0.5, 0.6) is 0 Å². The number of benzene rings is 1. The zero-order valence-electron chi connectivity index (χ0n) is 10.2. The van der Waals surface area contributed by atoms with Crippen molar-refractivity contribution in [1.29, 1.82) is 0 Å². The minimum Gasteiger partial charge on any atom is -0.481 e. The van der Waals surface area contributed by atoms with Crippen molar-refractivity contribution < 1.29 is 14.7 Å². The van der Waals surface area contributed by atoms with Crippen LogP contribution in [0, 0.1) is 5.92 Å². The van der Waals surface area contributed by atoms with Gasteiger partial charge in [0.15, 0.2) is 0 Å². The van der Waals surface area contributed by atoms with Crippen LogP contribution in [0.4, 0.5) is 0 Å². The summed E-state index contributed by atoms with van der Waals surface area (Å²) in [4.78, 5) is 22.3. The second-order valence-electron chi connectivity index (χ2n) is 4.64. The highest BCUT2D eigenvalue weighted by Gasteiger charge is 2.23. The van der Waals surface area contributed by atoms with E-state index in [1.165, 1.54) is 11.1 Å². The van der Waals surface area contributed by atoms with Gasteiger partial charge in [-0.05, 0) is 30.4 Å². The molecule has 0 radical (unpaired) electrons. The van der Waals surface area contributed by atoms with Gasteiger partial charge in [0, 0.05) is 12.5 Å². The lowest BCUT2D eigenvalue weighted by Gasteiger charge is -2.23. The number of nitrogens with one attached hydrogen (secondary N) is 1. The van der Waals surface area contributed by atoms with Gasteiger partial charge in [-0.3, -0.25) is 9.59 Å². The van der Waals surface area contributed by atoms with E-state index in [4.69, 9.17) is 5.11 Å². The van der Waals surface area contributed by atoms with Crippen molar-refractivity contribution in [2.75, 3.05) is 6.54 Å². The predicted molar refractivity (Wildman–Crippen MR) is 67.2 cm³/mol. The Hall–Kier alpha value is -1.84. The summed E-state index contributed by atoms with van der Waals surface area (Å²) >= 11 is 0. The van der Waals surface area contributed by atoms with Crippen molar-refractivity contribution in [1.82, 2.24) is 5.32 Å². The Morgan fingerprint density at radius 3 is 2.72 bits per heavy atom. The van der Waals surface area contributed by atoms with E-state index in [1.807, 2.05) is 12.1 Å². The van der Waals surface area contributed by atoms with E-state index in [-0.39, 0.29) is 24.8 Å². The number of hydrogen-bond donors (Lipinski definition) is 2. The molecular formula is C14H17NO3. The van der Waals surface area contributed by atoms with E-state index in [0.29, 0.717) is 0 Å². The molecule has 1 unspecified atom stereocenters. The van der Waals surface area contributed by atoms with Gasteiger partial charge in [-0.25, -0.2) is 0 Å². The van der Waals surface area contributed by atoms with Crippen molar-refractivity contribution in [3.8, 4) is 0 Å². The molecule has 0 heterocycles. The van der Waals surface area contributed by atoms with Gasteiger partial charge < -0.3 is 10.4 Å². The first-order valence-corrected chi connectivity index (χ1v) is 6.23. The Balaban J connectivity index is 1.88. The van der Waals surface area contributed by atoms with E-state index in [0.717, 1.165) is 19.3 Å². The van der Waals surface area contributed by atoms with Gasteiger partial charge in [0.2, 0.25) is 5.91 Å². The molecule has 0 saturated carbocycles. The molecule has 4 heteroatoms. The lowest BCUT2D eigenvalue weighted by molar-refractivity contribution is -0.137. The quantitative estimate of drug-likeness (QED) is 0.844. The first-order chi connectivity index (χ1) is 8.66. The Morgan fingerprint density at radius 2 is 2.00 bits per heavy atom. The van der Waals surface area contributed by atoms with Crippen molar-refractivity contribution in [2.24, 2.45) is 5.92 Å². The molecular weight excluding hydrogens is 230 g/mol. The van der Waals surface area contributed by atoms with Gasteiger partial charge in [0.1, 0.15) is 0 Å². The minimum absolute atomic E-state index is 0.0188. The van der Waals surface area contributed by atoms with Crippen LogP contribution in [0.2, 0.25) is 0 Å². The molecule has 1 atom stereocenters. The maximum absolute atomic E-state index is 11.9. The molecule has 0 aromatic heterocycles. The molecule has 1 aliphatic rings. The van der Waals surface area contributed by atoms with Gasteiger partial charge >= 0.3 is 5.97 Å². The summed E-state index contributed by atoms with van der Waals surface area (Å²) in [6.45, 7) is 0.215. The summed E-state index contributed by atoms with van der Waals surface area (Å²) in [5.41, 5.74) is 2.56. The van der Waals surface area contributed by atoms with Crippen LogP contribution in [0.25, 0.3) is 0 Å². The molecule has 0 aliphatic heterocycles. The van der Waals surface area contributed by atoms with Crippen LogP contribution in [0.1, 0.15) is 24.0 Å². The Bertz CT molecular complexity index is 456. The summed E-state index contributed by atoms with van der Waals surface area (Å²) in [5, 5.41) is 11.2. The van der Waals surface area contributed by atoms with Crippen LogP contribution < -0.4 is 5.32 Å². The van der Waals surface area contributed by atoms with Crippen molar-refractivity contribution in [3.63, 3.8) is 0 Å².